The SMILES string of the molecule is CC.Cc1ccc(CC(=O)C2(c3ccc4c(c3)OC(F)(F)O4)CC2)nc1-c1cccc(C(=O)O)c1. The van der Waals surface area contributed by atoms with Crippen LogP contribution in [0.15, 0.2) is 54.6 Å². The maximum atomic E-state index is 13.4. The number of carbonyl (C=O) groups excluding carboxylic acids is 1. The van der Waals surface area contributed by atoms with Gasteiger partial charge < -0.3 is 14.6 Å². The third-order valence-electron chi connectivity index (χ3n) is 6.12. The van der Waals surface area contributed by atoms with Gasteiger partial charge in [-0.1, -0.05) is 38.1 Å². The number of nitrogens with zero attached hydrogens (tertiary/aromatic N) is 1. The Bertz CT molecular complexity index is 1300. The highest BCUT2D eigenvalue weighted by Crippen LogP contribution is 2.52. The highest BCUT2D eigenvalue weighted by Gasteiger charge is 2.52. The van der Waals surface area contributed by atoms with Crippen molar-refractivity contribution >= 4 is 11.8 Å². The molecule has 1 aliphatic heterocycles. The Kier molecular flexibility index (Phi) is 6.32. The van der Waals surface area contributed by atoms with Crippen molar-refractivity contribution in [3.8, 4) is 22.8 Å². The molecule has 0 bridgehead atoms. The van der Waals surface area contributed by atoms with Gasteiger partial charge in [0.25, 0.3) is 0 Å². The highest BCUT2D eigenvalue weighted by molar-refractivity contribution is 5.94. The summed E-state index contributed by atoms with van der Waals surface area (Å²) in [5.74, 6) is -1.22. The molecule has 0 unspecified atom stereocenters. The van der Waals surface area contributed by atoms with E-state index in [1.807, 2.05) is 26.8 Å². The third-order valence-corrected chi connectivity index (χ3v) is 6.12. The van der Waals surface area contributed by atoms with Crippen LogP contribution in [0.2, 0.25) is 0 Å². The van der Waals surface area contributed by atoms with Crippen molar-refractivity contribution < 1.29 is 33.0 Å². The summed E-state index contributed by atoms with van der Waals surface area (Å²) in [6.07, 6.45) is -2.42. The molecule has 5 rings (SSSR count). The number of rotatable bonds is 6. The molecule has 35 heavy (non-hydrogen) atoms. The van der Waals surface area contributed by atoms with Gasteiger partial charge >= 0.3 is 12.3 Å². The predicted molar refractivity (Wildman–Crippen MR) is 125 cm³/mol. The van der Waals surface area contributed by atoms with Gasteiger partial charge in [-0.2, -0.15) is 0 Å². The van der Waals surface area contributed by atoms with Crippen LogP contribution < -0.4 is 9.47 Å². The average Bonchev–Trinajstić information content (AvgIpc) is 3.58. The second-order valence-corrected chi connectivity index (χ2v) is 8.37. The van der Waals surface area contributed by atoms with E-state index in [1.54, 1.807) is 30.3 Å². The molecule has 1 saturated carbocycles. The number of alkyl halides is 2. The first-order chi connectivity index (χ1) is 16.7. The fraction of sp³-hybridized carbons (Fsp3) is 0.296. The summed E-state index contributed by atoms with van der Waals surface area (Å²) >= 11 is 0. The number of carbonyl (C=O) groups is 2. The normalized spacial score (nSPS) is 16.1. The molecule has 3 aromatic rings. The lowest BCUT2D eigenvalue weighted by Gasteiger charge is -2.16. The third kappa shape index (κ3) is 4.73. The van der Waals surface area contributed by atoms with Gasteiger partial charge in [0.1, 0.15) is 5.78 Å². The molecule has 0 amide bonds. The highest BCUT2D eigenvalue weighted by atomic mass is 19.3. The number of hydrogen-bond acceptors (Lipinski definition) is 5. The van der Waals surface area contributed by atoms with Crippen molar-refractivity contribution in [2.45, 2.75) is 51.7 Å². The molecule has 1 N–H and O–H groups in total. The van der Waals surface area contributed by atoms with E-state index in [2.05, 4.69) is 14.5 Å². The molecule has 1 aliphatic carbocycles. The largest absolute Gasteiger partial charge is 0.586 e. The number of ether oxygens (including phenoxy) is 2. The number of Topliss-reactive ketones (excluding diaryl/α,β-unsaturated/α-hetero) is 1. The van der Waals surface area contributed by atoms with Gasteiger partial charge in [0.05, 0.1) is 16.7 Å². The smallest absolute Gasteiger partial charge is 0.478 e. The van der Waals surface area contributed by atoms with Crippen LogP contribution in [0, 0.1) is 6.92 Å². The van der Waals surface area contributed by atoms with E-state index in [4.69, 9.17) is 0 Å². The Morgan fingerprint density at radius 1 is 1.00 bits per heavy atom. The van der Waals surface area contributed by atoms with E-state index >= 15 is 0 Å². The number of aromatic nitrogens is 1. The van der Waals surface area contributed by atoms with Gasteiger partial charge in [0.15, 0.2) is 11.5 Å². The van der Waals surface area contributed by atoms with Crippen molar-refractivity contribution in [1.82, 2.24) is 4.98 Å². The van der Waals surface area contributed by atoms with Crippen molar-refractivity contribution in [2.24, 2.45) is 0 Å². The summed E-state index contributed by atoms with van der Waals surface area (Å²) in [4.78, 5) is 29.2. The van der Waals surface area contributed by atoms with E-state index in [1.165, 1.54) is 18.2 Å². The van der Waals surface area contributed by atoms with Crippen molar-refractivity contribution in [3.63, 3.8) is 0 Å². The monoisotopic (exact) mass is 481 g/mol. The van der Waals surface area contributed by atoms with Crippen LogP contribution >= 0.6 is 0 Å². The zero-order chi connectivity index (χ0) is 25.4. The summed E-state index contributed by atoms with van der Waals surface area (Å²) in [7, 11) is 0. The Morgan fingerprint density at radius 2 is 1.71 bits per heavy atom. The van der Waals surface area contributed by atoms with Gasteiger partial charge in [-0.05, 0) is 61.2 Å². The lowest BCUT2D eigenvalue weighted by atomic mass is 9.88. The number of benzene rings is 2. The Balaban J connectivity index is 0.00000141. The van der Waals surface area contributed by atoms with Crippen molar-refractivity contribution in [3.05, 3.63) is 77.0 Å². The first-order valence-corrected chi connectivity index (χ1v) is 11.4. The lowest BCUT2D eigenvalue weighted by molar-refractivity contribution is -0.286. The van der Waals surface area contributed by atoms with Crippen LogP contribution in [0.4, 0.5) is 8.78 Å². The van der Waals surface area contributed by atoms with Gasteiger partial charge in [-0.25, -0.2) is 4.79 Å². The standard InChI is InChI=1S/C25H19F2NO5.C2H6/c1-14-5-7-18(28-22(14)15-3-2-4-16(11-15)23(30)31)13-21(29)24(9-10-24)17-6-8-19-20(12-17)33-25(26,27)32-19;1-2/h2-8,11-12H,9-10,13H2,1H3,(H,30,31);1-2H3. The van der Waals surface area contributed by atoms with Gasteiger partial charge in [-0.3, -0.25) is 9.78 Å². The molecular formula is C27H25F2NO5. The molecular weight excluding hydrogens is 456 g/mol. The number of ketones is 1. The number of halogens is 2. The summed E-state index contributed by atoms with van der Waals surface area (Å²) < 4.78 is 35.7. The number of pyridine rings is 1. The molecule has 1 fully saturated rings. The summed E-state index contributed by atoms with van der Waals surface area (Å²) in [6.45, 7) is 5.87. The van der Waals surface area contributed by atoms with Crippen LogP contribution in [0.25, 0.3) is 11.3 Å². The predicted octanol–water partition coefficient (Wildman–Crippen LogP) is 5.95. The maximum absolute atomic E-state index is 13.4. The second-order valence-electron chi connectivity index (χ2n) is 8.37. The first kappa shape index (κ1) is 24.3. The molecule has 2 aromatic carbocycles. The van der Waals surface area contributed by atoms with Crippen LogP contribution in [-0.4, -0.2) is 28.1 Å². The minimum Gasteiger partial charge on any atom is -0.478 e. The Labute approximate surface area is 201 Å². The van der Waals surface area contributed by atoms with Crippen LogP contribution in [-0.2, 0) is 16.6 Å². The Hall–Kier alpha value is -3.81. The van der Waals surface area contributed by atoms with Gasteiger partial charge in [0.2, 0.25) is 0 Å². The average molecular weight is 481 g/mol. The minimum atomic E-state index is -3.71. The zero-order valence-corrected chi connectivity index (χ0v) is 19.6. The molecule has 1 aromatic heterocycles. The van der Waals surface area contributed by atoms with Crippen molar-refractivity contribution in [2.75, 3.05) is 0 Å². The molecule has 6 nitrogen and oxygen atoms in total. The fourth-order valence-electron chi connectivity index (χ4n) is 4.19. The van der Waals surface area contributed by atoms with Crippen LogP contribution in [0.1, 0.15) is 53.9 Å². The van der Waals surface area contributed by atoms with E-state index in [0.29, 0.717) is 35.4 Å². The molecule has 8 heteroatoms. The number of carboxylic acids is 1. The van der Waals surface area contributed by atoms with E-state index in [9.17, 15) is 23.5 Å². The lowest BCUT2D eigenvalue weighted by Crippen LogP contribution is -2.26. The maximum Gasteiger partial charge on any atom is 0.586 e. The molecule has 2 aliphatic rings. The molecule has 2 heterocycles. The molecule has 182 valence electrons. The number of aromatic carboxylic acids is 1. The first-order valence-electron chi connectivity index (χ1n) is 11.4. The number of fused-ring (bicyclic) bond motifs is 1. The second kappa shape index (κ2) is 9.09. The van der Waals surface area contributed by atoms with Crippen LogP contribution in [0.5, 0.6) is 11.5 Å². The van der Waals surface area contributed by atoms with E-state index in [-0.39, 0.29) is 29.3 Å². The number of hydrogen-bond donors (Lipinski definition) is 1. The summed E-state index contributed by atoms with van der Waals surface area (Å²) in [6, 6.07) is 14.6. The van der Waals surface area contributed by atoms with E-state index < -0.39 is 17.7 Å². The zero-order valence-electron chi connectivity index (χ0n) is 19.6. The number of aryl methyl sites for hydroxylation is 1. The molecule has 0 atom stereocenters. The quantitative estimate of drug-likeness (QED) is 0.469. The van der Waals surface area contributed by atoms with Gasteiger partial charge in [0, 0.05) is 17.7 Å². The topological polar surface area (TPSA) is 85.7 Å². The summed E-state index contributed by atoms with van der Waals surface area (Å²) in [5.41, 5.74) is 2.69. The number of carboxylic acid groups (broad SMARTS) is 1. The fourth-order valence-corrected chi connectivity index (χ4v) is 4.19. The van der Waals surface area contributed by atoms with Gasteiger partial charge in [-0.15, -0.1) is 8.78 Å². The molecule has 0 saturated heterocycles. The van der Waals surface area contributed by atoms with Crippen molar-refractivity contribution in [1.29, 1.82) is 0 Å². The minimum absolute atomic E-state index is 0.0552. The van der Waals surface area contributed by atoms with E-state index in [0.717, 1.165) is 5.56 Å². The molecule has 0 radical (unpaired) electrons. The molecule has 0 spiro atoms. The Morgan fingerprint density at radius 3 is 2.40 bits per heavy atom. The van der Waals surface area contributed by atoms with Crippen LogP contribution in [0.3, 0.4) is 0 Å². The summed E-state index contributed by atoms with van der Waals surface area (Å²) in [5, 5.41) is 9.27.